The molecule has 0 heterocycles. The molecule has 1 aromatic rings. The molecule has 0 spiro atoms. The Morgan fingerprint density at radius 1 is 1.43 bits per heavy atom. The van der Waals surface area contributed by atoms with Gasteiger partial charge < -0.3 is 5.11 Å². The van der Waals surface area contributed by atoms with E-state index in [9.17, 15) is 9.90 Å². The van der Waals surface area contributed by atoms with Crippen LogP contribution in [0.1, 0.15) is 15.9 Å². The van der Waals surface area contributed by atoms with Crippen molar-refractivity contribution in [2.24, 2.45) is 0 Å². The van der Waals surface area contributed by atoms with Gasteiger partial charge in [-0.2, -0.15) is 5.26 Å². The number of nitriles is 1. The second-order valence-corrected chi connectivity index (χ2v) is 2.95. The van der Waals surface area contributed by atoms with Crippen LogP contribution >= 0.6 is 11.6 Å². The molecule has 0 aromatic heterocycles. The van der Waals surface area contributed by atoms with E-state index in [2.05, 4.69) is 0 Å². The van der Waals surface area contributed by atoms with Crippen molar-refractivity contribution in [3.63, 3.8) is 0 Å². The first kappa shape index (κ1) is 10.3. The van der Waals surface area contributed by atoms with E-state index in [1.54, 1.807) is 6.07 Å². The van der Waals surface area contributed by atoms with Crippen LogP contribution in [-0.2, 0) is 0 Å². The monoisotopic (exact) mass is 207 g/mol. The van der Waals surface area contributed by atoms with Crippen molar-refractivity contribution in [2.75, 3.05) is 0 Å². The molecule has 0 amide bonds. The molecule has 14 heavy (non-hydrogen) atoms. The molecule has 1 rings (SSSR count). The number of benzene rings is 1. The lowest BCUT2D eigenvalue weighted by Crippen LogP contribution is -1.85. The predicted molar refractivity (Wildman–Crippen MR) is 53.2 cm³/mol. The summed E-state index contributed by atoms with van der Waals surface area (Å²) in [4.78, 5) is 10.5. The van der Waals surface area contributed by atoms with Gasteiger partial charge in [-0.05, 0) is 18.2 Å². The van der Waals surface area contributed by atoms with Crippen molar-refractivity contribution in [3.05, 3.63) is 34.4 Å². The van der Waals surface area contributed by atoms with Gasteiger partial charge in [-0.3, -0.25) is 4.79 Å². The van der Waals surface area contributed by atoms with E-state index in [0.717, 1.165) is 0 Å². The van der Waals surface area contributed by atoms with Gasteiger partial charge >= 0.3 is 0 Å². The summed E-state index contributed by atoms with van der Waals surface area (Å²) in [6, 6.07) is 4.60. The molecular formula is C10H6ClNO2. The third-order valence-electron chi connectivity index (χ3n) is 1.60. The molecule has 1 aromatic carbocycles. The molecule has 1 N–H and O–H groups in total. The Morgan fingerprint density at radius 3 is 2.64 bits per heavy atom. The van der Waals surface area contributed by atoms with Crippen molar-refractivity contribution in [3.8, 4) is 11.8 Å². The summed E-state index contributed by atoms with van der Waals surface area (Å²) in [5, 5.41) is 18.1. The molecular weight excluding hydrogens is 202 g/mol. The molecule has 0 unspecified atom stereocenters. The number of allylic oxidation sites excluding steroid dienone is 1. The van der Waals surface area contributed by atoms with E-state index in [0.29, 0.717) is 16.9 Å². The zero-order chi connectivity index (χ0) is 10.6. The number of rotatable bonds is 2. The quantitative estimate of drug-likeness (QED) is 0.598. The maximum atomic E-state index is 10.5. The first-order chi connectivity index (χ1) is 6.69. The van der Waals surface area contributed by atoms with Gasteiger partial charge in [0, 0.05) is 16.7 Å². The van der Waals surface area contributed by atoms with Gasteiger partial charge in [-0.15, -0.1) is 0 Å². The topological polar surface area (TPSA) is 61.1 Å². The molecule has 0 saturated carbocycles. The Labute approximate surface area is 85.9 Å². The summed E-state index contributed by atoms with van der Waals surface area (Å²) in [5.74, 6) is -0.170. The molecule has 4 heteroatoms. The van der Waals surface area contributed by atoms with E-state index >= 15 is 0 Å². The number of phenolic OH excluding ortho intramolecular Hbond substituents is 1. The number of aldehydes is 1. The average molecular weight is 208 g/mol. The number of hydrogen-bond donors (Lipinski definition) is 1. The number of carbonyl (C=O) groups is 1. The van der Waals surface area contributed by atoms with E-state index in [1.807, 2.05) is 0 Å². The highest BCUT2D eigenvalue weighted by Crippen LogP contribution is 2.26. The van der Waals surface area contributed by atoms with Crippen molar-refractivity contribution < 1.29 is 9.90 Å². The number of hydrogen-bond acceptors (Lipinski definition) is 3. The van der Waals surface area contributed by atoms with E-state index in [1.165, 1.54) is 24.3 Å². The molecule has 0 aliphatic rings. The van der Waals surface area contributed by atoms with E-state index in [-0.39, 0.29) is 11.3 Å². The van der Waals surface area contributed by atoms with Gasteiger partial charge in [-0.25, -0.2) is 0 Å². The normalized spacial score (nSPS) is 10.0. The molecule has 3 nitrogen and oxygen atoms in total. The van der Waals surface area contributed by atoms with Gasteiger partial charge in [0.2, 0.25) is 0 Å². The summed E-state index contributed by atoms with van der Waals surface area (Å²) >= 11 is 5.69. The van der Waals surface area contributed by atoms with Crippen LogP contribution in [-0.4, -0.2) is 11.4 Å². The highest BCUT2D eigenvalue weighted by atomic mass is 35.5. The highest BCUT2D eigenvalue weighted by molar-refractivity contribution is 6.31. The van der Waals surface area contributed by atoms with Gasteiger partial charge in [0.1, 0.15) is 5.75 Å². The Bertz CT molecular complexity index is 432. The molecule has 0 aliphatic carbocycles. The minimum Gasteiger partial charge on any atom is -0.507 e. The molecule has 0 aliphatic heterocycles. The molecule has 0 saturated heterocycles. The second kappa shape index (κ2) is 4.45. The average Bonchev–Trinajstić information content (AvgIpc) is 2.18. The largest absolute Gasteiger partial charge is 0.507 e. The molecule has 0 atom stereocenters. The fourth-order valence-corrected chi connectivity index (χ4v) is 1.22. The van der Waals surface area contributed by atoms with Crippen molar-refractivity contribution >= 4 is 24.0 Å². The van der Waals surface area contributed by atoms with Crippen molar-refractivity contribution in [1.29, 1.82) is 5.26 Å². The van der Waals surface area contributed by atoms with Gasteiger partial charge in [0.05, 0.1) is 11.6 Å². The number of halogens is 1. The van der Waals surface area contributed by atoms with Crippen LogP contribution in [0, 0.1) is 11.3 Å². The van der Waals surface area contributed by atoms with Crippen LogP contribution in [0.2, 0.25) is 5.02 Å². The van der Waals surface area contributed by atoms with Crippen LogP contribution in [0.15, 0.2) is 18.2 Å². The van der Waals surface area contributed by atoms with E-state index < -0.39 is 0 Å². The third kappa shape index (κ3) is 2.12. The first-order valence-electron chi connectivity index (χ1n) is 3.73. The van der Waals surface area contributed by atoms with Crippen LogP contribution in [0.3, 0.4) is 0 Å². The third-order valence-corrected chi connectivity index (χ3v) is 1.82. The van der Waals surface area contributed by atoms with E-state index in [4.69, 9.17) is 16.9 Å². The lowest BCUT2D eigenvalue weighted by Gasteiger charge is -2.02. The Hall–Kier alpha value is -1.79. The zero-order valence-corrected chi connectivity index (χ0v) is 7.82. The second-order valence-electron chi connectivity index (χ2n) is 2.51. The lowest BCUT2D eigenvalue weighted by molar-refractivity contribution is 0.112. The standard InChI is InChI=1S/C10H6ClNO2/c11-9-4-7(2-1-3-12)10(14)8(5-9)6-13/h1-2,4-6,14H. The minimum atomic E-state index is -0.170. The predicted octanol–water partition coefficient (Wildman–Crippen LogP) is 2.39. The first-order valence-corrected chi connectivity index (χ1v) is 4.10. The summed E-state index contributed by atoms with van der Waals surface area (Å²) in [7, 11) is 0. The summed E-state index contributed by atoms with van der Waals surface area (Å²) in [5.41, 5.74) is 0.455. The fourth-order valence-electron chi connectivity index (χ4n) is 0.986. The van der Waals surface area contributed by atoms with Crippen LogP contribution in [0.5, 0.6) is 5.75 Å². The summed E-state index contributed by atoms with van der Waals surface area (Å²) < 4.78 is 0. The zero-order valence-electron chi connectivity index (χ0n) is 7.07. The highest BCUT2D eigenvalue weighted by Gasteiger charge is 2.06. The smallest absolute Gasteiger partial charge is 0.153 e. The number of phenols is 1. The molecule has 0 fully saturated rings. The Morgan fingerprint density at radius 2 is 2.07 bits per heavy atom. The SMILES string of the molecule is N#CC=Cc1cc(Cl)cc(C=O)c1O. The van der Waals surface area contributed by atoms with Crippen LogP contribution < -0.4 is 0 Å². The Balaban J connectivity index is 3.30. The maximum Gasteiger partial charge on any atom is 0.153 e. The lowest BCUT2D eigenvalue weighted by atomic mass is 10.1. The maximum absolute atomic E-state index is 10.5. The van der Waals surface area contributed by atoms with Gasteiger partial charge in [-0.1, -0.05) is 11.6 Å². The van der Waals surface area contributed by atoms with Crippen LogP contribution in [0.25, 0.3) is 6.08 Å². The molecule has 0 bridgehead atoms. The van der Waals surface area contributed by atoms with Crippen LogP contribution in [0.4, 0.5) is 0 Å². The van der Waals surface area contributed by atoms with Gasteiger partial charge in [0.15, 0.2) is 6.29 Å². The number of carbonyl (C=O) groups excluding carboxylic acids is 1. The number of nitrogens with zero attached hydrogens (tertiary/aromatic N) is 1. The Kier molecular flexibility index (Phi) is 3.27. The number of aromatic hydroxyl groups is 1. The van der Waals surface area contributed by atoms with Crippen molar-refractivity contribution in [1.82, 2.24) is 0 Å². The van der Waals surface area contributed by atoms with Gasteiger partial charge in [0.25, 0.3) is 0 Å². The molecule has 0 radical (unpaired) electrons. The van der Waals surface area contributed by atoms with Crippen molar-refractivity contribution in [2.45, 2.75) is 0 Å². The molecule has 70 valence electrons. The fraction of sp³-hybridized carbons (Fsp3) is 0. The summed E-state index contributed by atoms with van der Waals surface area (Å²) in [6.07, 6.45) is 3.08. The minimum absolute atomic E-state index is 0.107. The summed E-state index contributed by atoms with van der Waals surface area (Å²) in [6.45, 7) is 0.